The lowest BCUT2D eigenvalue weighted by Gasteiger charge is -2.10. The van der Waals surface area contributed by atoms with Crippen molar-refractivity contribution in [1.82, 2.24) is 5.43 Å². The van der Waals surface area contributed by atoms with Crippen LogP contribution in [0.2, 0.25) is 0 Å². The van der Waals surface area contributed by atoms with Gasteiger partial charge in [0, 0.05) is 5.69 Å². The number of hydrogen-bond acceptors (Lipinski definition) is 7. The Balaban J connectivity index is 1.60. The number of anilines is 1. The molecule has 152 valence electrons. The Morgan fingerprint density at radius 3 is 2.66 bits per heavy atom. The zero-order valence-electron chi connectivity index (χ0n) is 14.5. The summed E-state index contributed by atoms with van der Waals surface area (Å²) in [7, 11) is 0. The maximum atomic E-state index is 12.7. The van der Waals surface area contributed by atoms with Crippen molar-refractivity contribution in [2.45, 2.75) is 6.18 Å². The lowest BCUT2D eigenvalue weighted by molar-refractivity contribution is -0.385. The van der Waals surface area contributed by atoms with E-state index in [2.05, 4.69) is 15.8 Å². The fourth-order valence-electron chi connectivity index (χ4n) is 2.41. The van der Waals surface area contributed by atoms with Crippen LogP contribution in [-0.2, 0) is 11.0 Å². The molecular formula is C17H13F3N4O5. The maximum absolute atomic E-state index is 12.7. The Kier molecular flexibility index (Phi) is 5.52. The summed E-state index contributed by atoms with van der Waals surface area (Å²) >= 11 is 0. The number of carbonyl (C=O) groups is 1. The number of amides is 1. The maximum Gasteiger partial charge on any atom is 0.416 e. The van der Waals surface area contributed by atoms with Gasteiger partial charge in [-0.15, -0.1) is 0 Å². The summed E-state index contributed by atoms with van der Waals surface area (Å²) in [5.41, 5.74) is 1.16. The number of nitro groups is 1. The van der Waals surface area contributed by atoms with E-state index in [0.29, 0.717) is 5.75 Å². The van der Waals surface area contributed by atoms with E-state index in [-0.39, 0.29) is 36.0 Å². The quantitative estimate of drug-likeness (QED) is 0.430. The molecule has 0 unspecified atom stereocenters. The molecule has 2 N–H and O–H groups in total. The molecule has 29 heavy (non-hydrogen) atoms. The number of nitrogens with one attached hydrogen (secondary N) is 2. The highest BCUT2D eigenvalue weighted by molar-refractivity contribution is 5.88. The predicted octanol–water partition coefficient (Wildman–Crippen LogP) is 2.90. The van der Waals surface area contributed by atoms with E-state index in [9.17, 15) is 28.1 Å². The Labute approximate surface area is 161 Å². The molecule has 1 amide bonds. The number of alkyl halides is 3. The lowest BCUT2D eigenvalue weighted by atomic mass is 10.1. The second-order valence-corrected chi connectivity index (χ2v) is 5.75. The highest BCUT2D eigenvalue weighted by Gasteiger charge is 2.30. The molecule has 0 bridgehead atoms. The largest absolute Gasteiger partial charge is 0.454 e. The molecule has 3 rings (SSSR count). The zero-order chi connectivity index (χ0) is 21.0. The molecule has 0 fully saturated rings. The average molecular weight is 410 g/mol. The fourth-order valence-corrected chi connectivity index (χ4v) is 2.41. The monoisotopic (exact) mass is 410 g/mol. The van der Waals surface area contributed by atoms with Crippen LogP contribution in [0.4, 0.5) is 24.5 Å². The van der Waals surface area contributed by atoms with Crippen molar-refractivity contribution < 1.29 is 32.4 Å². The summed E-state index contributed by atoms with van der Waals surface area (Å²) in [5.74, 6) is -0.139. The zero-order valence-corrected chi connectivity index (χ0v) is 14.5. The van der Waals surface area contributed by atoms with Gasteiger partial charge in [0.1, 0.15) is 0 Å². The number of halogens is 3. The summed E-state index contributed by atoms with van der Waals surface area (Å²) in [6, 6.07) is 6.89. The first-order chi connectivity index (χ1) is 13.7. The second kappa shape index (κ2) is 8.04. The highest BCUT2D eigenvalue weighted by Crippen LogP contribution is 2.37. The van der Waals surface area contributed by atoms with E-state index in [4.69, 9.17) is 9.47 Å². The Bertz CT molecular complexity index is 978. The van der Waals surface area contributed by atoms with Crippen LogP contribution in [0.25, 0.3) is 0 Å². The summed E-state index contributed by atoms with van der Waals surface area (Å²) < 4.78 is 48.2. The molecule has 0 spiro atoms. The van der Waals surface area contributed by atoms with Crippen molar-refractivity contribution >= 4 is 23.5 Å². The van der Waals surface area contributed by atoms with Gasteiger partial charge < -0.3 is 14.8 Å². The van der Waals surface area contributed by atoms with E-state index < -0.39 is 22.6 Å². The van der Waals surface area contributed by atoms with Crippen molar-refractivity contribution in [1.29, 1.82) is 0 Å². The van der Waals surface area contributed by atoms with Gasteiger partial charge in [0.2, 0.25) is 6.79 Å². The summed E-state index contributed by atoms with van der Waals surface area (Å²) in [6.07, 6.45) is -3.44. The summed E-state index contributed by atoms with van der Waals surface area (Å²) in [5, 5.41) is 17.3. The number of fused-ring (bicyclic) bond motifs is 1. The van der Waals surface area contributed by atoms with Crippen LogP contribution in [0.1, 0.15) is 11.1 Å². The fraction of sp³-hybridized carbons (Fsp3) is 0.176. The van der Waals surface area contributed by atoms with Crippen LogP contribution in [0.3, 0.4) is 0 Å². The molecule has 2 aromatic carbocycles. The number of benzene rings is 2. The van der Waals surface area contributed by atoms with Crippen LogP contribution >= 0.6 is 0 Å². The number of rotatable bonds is 6. The summed E-state index contributed by atoms with van der Waals surface area (Å²) in [6.45, 7) is -0.424. The number of ether oxygens (including phenoxy) is 2. The van der Waals surface area contributed by atoms with Crippen LogP contribution < -0.4 is 20.2 Å². The van der Waals surface area contributed by atoms with Crippen LogP contribution in [0, 0.1) is 10.1 Å². The standard InChI is InChI=1S/C17H13F3N4O5/c18-17(19,20)11-2-1-3-12(5-11)21-8-16(25)23-22-7-10-4-14-15(29-9-28-14)6-13(10)24(26)27/h1-7,21H,8-9H2,(H,23,25)/b22-7-. The van der Waals surface area contributed by atoms with Crippen LogP contribution in [0.5, 0.6) is 11.5 Å². The van der Waals surface area contributed by atoms with Gasteiger partial charge in [-0.25, -0.2) is 5.43 Å². The van der Waals surface area contributed by atoms with E-state index in [1.54, 1.807) is 0 Å². The smallest absolute Gasteiger partial charge is 0.416 e. The molecule has 0 aliphatic carbocycles. The van der Waals surface area contributed by atoms with Gasteiger partial charge in [-0.2, -0.15) is 18.3 Å². The van der Waals surface area contributed by atoms with Gasteiger partial charge in [-0.3, -0.25) is 14.9 Å². The molecule has 12 heteroatoms. The number of carbonyl (C=O) groups excluding carboxylic acids is 1. The number of hydrogen-bond donors (Lipinski definition) is 2. The number of nitro benzene ring substituents is 1. The second-order valence-electron chi connectivity index (χ2n) is 5.75. The van der Waals surface area contributed by atoms with Crippen LogP contribution in [0.15, 0.2) is 41.5 Å². The van der Waals surface area contributed by atoms with E-state index >= 15 is 0 Å². The predicted molar refractivity (Wildman–Crippen MR) is 94.9 cm³/mol. The van der Waals surface area contributed by atoms with E-state index in [1.165, 1.54) is 24.3 Å². The topological polar surface area (TPSA) is 115 Å². The summed E-state index contributed by atoms with van der Waals surface area (Å²) in [4.78, 5) is 22.3. The van der Waals surface area contributed by atoms with Gasteiger partial charge in [-0.05, 0) is 24.3 Å². The first-order valence-electron chi connectivity index (χ1n) is 8.05. The van der Waals surface area contributed by atoms with Crippen molar-refractivity contribution in [3.05, 3.63) is 57.6 Å². The Morgan fingerprint density at radius 2 is 1.97 bits per heavy atom. The minimum absolute atomic E-state index is 0.0645. The highest BCUT2D eigenvalue weighted by atomic mass is 19.4. The van der Waals surface area contributed by atoms with Crippen LogP contribution in [-0.4, -0.2) is 30.4 Å². The third-order valence-corrected chi connectivity index (χ3v) is 3.75. The van der Waals surface area contributed by atoms with Gasteiger partial charge >= 0.3 is 6.18 Å². The van der Waals surface area contributed by atoms with E-state index in [1.807, 2.05) is 0 Å². The molecule has 0 radical (unpaired) electrons. The van der Waals surface area contributed by atoms with Crippen molar-refractivity contribution in [3.8, 4) is 11.5 Å². The molecule has 1 aliphatic rings. The minimum atomic E-state index is -4.50. The van der Waals surface area contributed by atoms with E-state index in [0.717, 1.165) is 18.3 Å². The molecular weight excluding hydrogens is 397 g/mol. The number of nitrogens with zero attached hydrogens (tertiary/aromatic N) is 2. The third-order valence-electron chi connectivity index (χ3n) is 3.75. The average Bonchev–Trinajstić information content (AvgIpc) is 3.12. The van der Waals surface area contributed by atoms with Gasteiger partial charge in [-0.1, -0.05) is 6.07 Å². The minimum Gasteiger partial charge on any atom is -0.454 e. The first-order valence-corrected chi connectivity index (χ1v) is 8.05. The molecule has 9 nitrogen and oxygen atoms in total. The molecule has 0 saturated carbocycles. The molecule has 0 saturated heterocycles. The molecule has 0 aromatic heterocycles. The van der Waals surface area contributed by atoms with Gasteiger partial charge in [0.15, 0.2) is 11.5 Å². The first kappa shape index (κ1) is 19.9. The van der Waals surface area contributed by atoms with Crippen molar-refractivity contribution in [3.63, 3.8) is 0 Å². The lowest BCUT2D eigenvalue weighted by Crippen LogP contribution is -2.26. The van der Waals surface area contributed by atoms with Crippen molar-refractivity contribution in [2.75, 3.05) is 18.7 Å². The Hall–Kier alpha value is -3.83. The molecule has 0 atom stereocenters. The van der Waals surface area contributed by atoms with Gasteiger partial charge in [0.25, 0.3) is 11.6 Å². The number of hydrazone groups is 1. The molecule has 1 heterocycles. The van der Waals surface area contributed by atoms with Crippen molar-refractivity contribution in [2.24, 2.45) is 5.10 Å². The third kappa shape index (κ3) is 4.91. The molecule has 1 aliphatic heterocycles. The molecule has 2 aromatic rings. The normalized spacial score (nSPS) is 12.8. The Morgan fingerprint density at radius 1 is 1.24 bits per heavy atom. The SMILES string of the molecule is O=C(CNc1cccc(C(F)(F)F)c1)N/N=C\c1cc2c(cc1[N+](=O)[O-])OCO2. The van der Waals surface area contributed by atoms with Gasteiger partial charge in [0.05, 0.1) is 34.9 Å².